The van der Waals surface area contributed by atoms with E-state index in [1.165, 1.54) is 56.5 Å². The fourth-order valence-electron chi connectivity index (χ4n) is 6.83. The van der Waals surface area contributed by atoms with Crippen LogP contribution < -0.4 is 4.90 Å². The number of benzene rings is 7. The Morgan fingerprint density at radius 1 is 0.386 bits per heavy atom. The van der Waals surface area contributed by atoms with Crippen LogP contribution in [0.1, 0.15) is 0 Å². The van der Waals surface area contributed by atoms with Gasteiger partial charge in [0.25, 0.3) is 0 Å². The topological polar surface area (TPSA) is 16.4 Å². The molecule has 3 heterocycles. The average molecular weight is 598 g/mol. The first-order valence-corrected chi connectivity index (χ1v) is 16.4. The summed E-state index contributed by atoms with van der Waals surface area (Å²) in [7, 11) is 0. The van der Waals surface area contributed by atoms with E-state index in [2.05, 4.69) is 144 Å². The Balaban J connectivity index is 1.25. The third-order valence-electron chi connectivity index (χ3n) is 8.84. The first-order valence-electron chi connectivity index (χ1n) is 14.8. The number of hydrogen-bond acceptors (Lipinski definition) is 4. The molecule has 0 saturated heterocycles. The summed E-state index contributed by atoms with van der Waals surface area (Å²) >= 11 is 3.71. The van der Waals surface area contributed by atoms with Gasteiger partial charge in [0, 0.05) is 68.2 Å². The number of anilines is 3. The summed E-state index contributed by atoms with van der Waals surface area (Å²) in [6, 6.07) is 50.7. The van der Waals surface area contributed by atoms with Gasteiger partial charge < -0.3 is 9.32 Å². The van der Waals surface area contributed by atoms with Crippen LogP contribution in [0.2, 0.25) is 0 Å². The molecule has 0 atom stereocenters. The molecule has 0 bridgehead atoms. The fourth-order valence-corrected chi connectivity index (χ4v) is 9.05. The summed E-state index contributed by atoms with van der Waals surface area (Å²) in [6.45, 7) is 0. The van der Waals surface area contributed by atoms with Crippen LogP contribution in [0.3, 0.4) is 0 Å². The summed E-state index contributed by atoms with van der Waals surface area (Å²) in [5.41, 5.74) is 5.20. The van der Waals surface area contributed by atoms with Gasteiger partial charge in [-0.2, -0.15) is 0 Å². The third-order valence-corrected chi connectivity index (χ3v) is 11.1. The molecule has 0 aliphatic rings. The van der Waals surface area contributed by atoms with Crippen LogP contribution in [-0.2, 0) is 0 Å². The normalized spacial score (nSPS) is 12.1. The zero-order chi connectivity index (χ0) is 28.8. The highest BCUT2D eigenvalue weighted by Gasteiger charge is 2.19. The van der Waals surface area contributed by atoms with E-state index in [9.17, 15) is 0 Å². The van der Waals surface area contributed by atoms with Crippen LogP contribution in [0.25, 0.3) is 73.1 Å². The molecule has 3 aromatic heterocycles. The van der Waals surface area contributed by atoms with Gasteiger partial charge in [0.2, 0.25) is 0 Å². The van der Waals surface area contributed by atoms with Crippen molar-refractivity contribution in [3.8, 4) is 0 Å². The van der Waals surface area contributed by atoms with E-state index in [4.69, 9.17) is 4.42 Å². The minimum absolute atomic E-state index is 0.902. The van der Waals surface area contributed by atoms with Crippen molar-refractivity contribution in [3.05, 3.63) is 140 Å². The molecular weight excluding hydrogens is 575 g/mol. The van der Waals surface area contributed by atoms with E-state index in [0.717, 1.165) is 33.6 Å². The molecule has 7 aromatic carbocycles. The number of hydrogen-bond donors (Lipinski definition) is 0. The maximum atomic E-state index is 6.38. The Morgan fingerprint density at radius 3 is 1.80 bits per heavy atom. The van der Waals surface area contributed by atoms with Crippen LogP contribution in [0.5, 0.6) is 0 Å². The van der Waals surface area contributed by atoms with Gasteiger partial charge in [0.15, 0.2) is 0 Å². The number of rotatable bonds is 3. The molecule has 0 aliphatic carbocycles. The number of thiophene rings is 2. The van der Waals surface area contributed by atoms with E-state index in [1.54, 1.807) is 0 Å². The molecule has 0 amide bonds. The van der Waals surface area contributed by atoms with Crippen LogP contribution >= 0.6 is 22.7 Å². The van der Waals surface area contributed by atoms with Crippen LogP contribution in [0, 0.1) is 0 Å². The molecule has 10 aromatic rings. The van der Waals surface area contributed by atoms with Crippen molar-refractivity contribution in [1.29, 1.82) is 0 Å². The van der Waals surface area contributed by atoms with Crippen molar-refractivity contribution >= 4 is 113 Å². The standard InChI is InChI=1S/C40H23NOS2/c1-2-8-28-24(7-1)13-18-35-40(28)33-22-25(15-19-34(33)42-35)41(26-16-20-38-32(21-26)30-10-4-6-12-37(30)43-38)27-14-17-31-29-9-3-5-11-36(29)44-39(31)23-27/h1-23H. The second-order valence-corrected chi connectivity index (χ2v) is 13.5. The fraction of sp³-hybridized carbons (Fsp3) is 0. The third kappa shape index (κ3) is 3.53. The van der Waals surface area contributed by atoms with Gasteiger partial charge in [-0.05, 0) is 77.5 Å². The monoisotopic (exact) mass is 597 g/mol. The van der Waals surface area contributed by atoms with Crippen LogP contribution in [-0.4, -0.2) is 0 Å². The summed E-state index contributed by atoms with van der Waals surface area (Å²) in [4.78, 5) is 2.40. The van der Waals surface area contributed by atoms with E-state index < -0.39 is 0 Å². The molecular formula is C40H23NOS2. The zero-order valence-corrected chi connectivity index (χ0v) is 25.1. The zero-order valence-electron chi connectivity index (χ0n) is 23.5. The van der Waals surface area contributed by atoms with E-state index in [-0.39, 0.29) is 0 Å². The highest BCUT2D eigenvalue weighted by atomic mass is 32.1. The second kappa shape index (κ2) is 9.17. The van der Waals surface area contributed by atoms with Crippen molar-refractivity contribution in [2.45, 2.75) is 0 Å². The predicted molar refractivity (Wildman–Crippen MR) is 192 cm³/mol. The Hall–Kier alpha value is -5.16. The van der Waals surface area contributed by atoms with Crippen molar-refractivity contribution in [3.63, 3.8) is 0 Å². The quantitative estimate of drug-likeness (QED) is 0.201. The Labute approximate surface area is 260 Å². The second-order valence-electron chi connectivity index (χ2n) is 11.3. The van der Waals surface area contributed by atoms with Crippen molar-refractivity contribution in [2.24, 2.45) is 0 Å². The molecule has 4 heteroatoms. The van der Waals surface area contributed by atoms with Gasteiger partial charge in [-0.15, -0.1) is 22.7 Å². The minimum Gasteiger partial charge on any atom is -0.456 e. The van der Waals surface area contributed by atoms with Crippen LogP contribution in [0.15, 0.2) is 144 Å². The summed E-state index contributed by atoms with van der Waals surface area (Å²) in [6.07, 6.45) is 0. The molecule has 0 fully saturated rings. The van der Waals surface area contributed by atoms with Crippen molar-refractivity contribution in [2.75, 3.05) is 4.90 Å². The molecule has 10 rings (SSSR count). The lowest BCUT2D eigenvalue weighted by Crippen LogP contribution is -2.09. The molecule has 0 radical (unpaired) electrons. The predicted octanol–water partition coefficient (Wildman–Crippen LogP) is 12.9. The number of fused-ring (bicyclic) bond motifs is 11. The highest BCUT2D eigenvalue weighted by Crippen LogP contribution is 2.45. The van der Waals surface area contributed by atoms with Gasteiger partial charge in [-0.25, -0.2) is 0 Å². The lowest BCUT2D eigenvalue weighted by molar-refractivity contribution is 0.669. The lowest BCUT2D eigenvalue weighted by Gasteiger charge is -2.26. The van der Waals surface area contributed by atoms with Gasteiger partial charge >= 0.3 is 0 Å². The van der Waals surface area contributed by atoms with E-state index in [0.29, 0.717) is 0 Å². The molecule has 0 spiro atoms. The van der Waals surface area contributed by atoms with Gasteiger partial charge in [-0.1, -0.05) is 72.8 Å². The molecule has 0 unspecified atom stereocenters. The first kappa shape index (κ1) is 24.3. The average Bonchev–Trinajstić information content (AvgIpc) is 3.75. The maximum absolute atomic E-state index is 6.38. The number of furan rings is 1. The molecule has 0 saturated carbocycles. The van der Waals surface area contributed by atoms with E-state index >= 15 is 0 Å². The van der Waals surface area contributed by atoms with Crippen molar-refractivity contribution in [1.82, 2.24) is 0 Å². The van der Waals surface area contributed by atoms with Crippen LogP contribution in [0.4, 0.5) is 17.1 Å². The largest absolute Gasteiger partial charge is 0.456 e. The SMILES string of the molecule is c1ccc2c(c1)ccc1oc3ccc(N(c4ccc5c(c4)sc4ccccc45)c4ccc5sc6ccccc6c5c4)cc3c12. The molecule has 206 valence electrons. The highest BCUT2D eigenvalue weighted by molar-refractivity contribution is 7.26. The molecule has 0 aliphatic heterocycles. The van der Waals surface area contributed by atoms with E-state index in [1.807, 2.05) is 22.7 Å². The summed E-state index contributed by atoms with van der Waals surface area (Å²) in [5, 5.41) is 9.93. The Kier molecular flexibility index (Phi) is 5.06. The summed E-state index contributed by atoms with van der Waals surface area (Å²) in [5.74, 6) is 0. The molecule has 2 nitrogen and oxygen atoms in total. The van der Waals surface area contributed by atoms with Gasteiger partial charge in [-0.3, -0.25) is 0 Å². The van der Waals surface area contributed by atoms with Gasteiger partial charge in [0.1, 0.15) is 11.2 Å². The lowest BCUT2D eigenvalue weighted by atomic mass is 10.0. The Morgan fingerprint density at radius 2 is 0.955 bits per heavy atom. The van der Waals surface area contributed by atoms with Crippen molar-refractivity contribution < 1.29 is 4.42 Å². The maximum Gasteiger partial charge on any atom is 0.136 e. The number of nitrogens with zero attached hydrogens (tertiary/aromatic N) is 1. The molecule has 0 N–H and O–H groups in total. The first-order chi connectivity index (χ1) is 21.8. The van der Waals surface area contributed by atoms with Gasteiger partial charge in [0.05, 0.1) is 0 Å². The minimum atomic E-state index is 0.902. The molecule has 44 heavy (non-hydrogen) atoms. The Bertz CT molecular complexity index is 2750. The summed E-state index contributed by atoms with van der Waals surface area (Å²) < 4.78 is 11.6. The smallest absolute Gasteiger partial charge is 0.136 e.